The molecule has 3 aromatic carbocycles. The maximum Gasteiger partial charge on any atom is 0.215 e. The minimum Gasteiger partial charge on any atom is -0.295 e. The van der Waals surface area contributed by atoms with E-state index in [-0.39, 0.29) is 0 Å². The van der Waals surface area contributed by atoms with Gasteiger partial charge in [0.2, 0.25) is 5.69 Å². The summed E-state index contributed by atoms with van der Waals surface area (Å²) in [4.78, 5) is 4.97. The van der Waals surface area contributed by atoms with Crippen molar-refractivity contribution in [1.29, 1.82) is 0 Å². The normalized spacial score (nSPS) is 14.1. The summed E-state index contributed by atoms with van der Waals surface area (Å²) in [5, 5.41) is 0. The van der Waals surface area contributed by atoms with E-state index in [1.165, 1.54) is 5.56 Å². The van der Waals surface area contributed by atoms with Gasteiger partial charge in [0.25, 0.3) is 0 Å². The Morgan fingerprint density at radius 1 is 0.968 bits per heavy atom. The van der Waals surface area contributed by atoms with E-state index in [4.69, 9.17) is 9.10 Å². The summed E-state index contributed by atoms with van der Waals surface area (Å²) in [7, 11) is 1.92. The number of imidazole rings is 1. The summed E-state index contributed by atoms with van der Waals surface area (Å²) >= 11 is 0. The number of rotatable bonds is 2. The molecule has 3 heterocycles. The van der Waals surface area contributed by atoms with Crippen LogP contribution < -0.4 is 4.57 Å². The zero-order chi connectivity index (χ0) is 23.6. The first-order valence-corrected chi connectivity index (χ1v) is 10.5. The molecule has 0 unspecified atom stereocenters. The van der Waals surface area contributed by atoms with Gasteiger partial charge in [-0.1, -0.05) is 54.6 Å². The Labute approximate surface area is 186 Å². The average molecular weight is 406 g/mol. The third-order valence-electron chi connectivity index (χ3n) is 6.29. The summed E-state index contributed by atoms with van der Waals surface area (Å²) in [5.41, 5.74) is 9.57. The number of hydrogen-bond acceptors (Lipinski definition) is 1. The molecule has 0 bridgehead atoms. The molecule has 6 rings (SSSR count). The highest BCUT2D eigenvalue weighted by Gasteiger charge is 2.27. The van der Waals surface area contributed by atoms with Crippen LogP contribution in [0.25, 0.3) is 39.1 Å². The van der Waals surface area contributed by atoms with Crippen LogP contribution in [0.4, 0.5) is 0 Å². The smallest absolute Gasteiger partial charge is 0.215 e. The molecule has 0 saturated carbocycles. The first kappa shape index (κ1) is 15.1. The molecule has 150 valence electrons. The van der Waals surface area contributed by atoms with E-state index in [0.29, 0.717) is 5.56 Å². The Hall–Kier alpha value is -3.72. The topological polar surface area (TPSA) is 21.7 Å². The number of aryl methyl sites for hydroxylation is 3. The third kappa shape index (κ3) is 2.66. The zero-order valence-electron chi connectivity index (χ0n) is 20.6. The lowest BCUT2D eigenvalue weighted by atomic mass is 9.96. The van der Waals surface area contributed by atoms with Crippen molar-refractivity contribution in [1.82, 2.24) is 9.55 Å². The second kappa shape index (κ2) is 6.64. The fourth-order valence-corrected chi connectivity index (χ4v) is 4.82. The number of pyridine rings is 1. The second-order valence-corrected chi connectivity index (χ2v) is 8.26. The molecule has 0 N–H and O–H groups in total. The molecule has 2 aromatic heterocycles. The van der Waals surface area contributed by atoms with Crippen molar-refractivity contribution in [2.75, 3.05) is 0 Å². The fraction of sp³-hybridized carbons (Fsp3) is 0.143. The Morgan fingerprint density at radius 3 is 2.61 bits per heavy atom. The molecule has 0 aliphatic carbocycles. The van der Waals surface area contributed by atoms with Gasteiger partial charge in [-0.05, 0) is 48.2 Å². The van der Waals surface area contributed by atoms with E-state index in [1.54, 1.807) is 6.20 Å². The van der Waals surface area contributed by atoms with Crippen LogP contribution in [-0.4, -0.2) is 9.55 Å². The van der Waals surface area contributed by atoms with Gasteiger partial charge in [-0.15, -0.1) is 0 Å². The molecule has 0 spiro atoms. The van der Waals surface area contributed by atoms with Crippen molar-refractivity contribution in [2.24, 2.45) is 7.05 Å². The Morgan fingerprint density at radius 2 is 1.77 bits per heavy atom. The molecular formula is C28H24N3+. The minimum absolute atomic E-state index is 0.346. The van der Waals surface area contributed by atoms with Crippen molar-refractivity contribution >= 4 is 11.0 Å². The monoisotopic (exact) mass is 405 g/mol. The lowest BCUT2D eigenvalue weighted by Gasteiger charge is -2.13. The van der Waals surface area contributed by atoms with Gasteiger partial charge >= 0.3 is 0 Å². The van der Waals surface area contributed by atoms with Gasteiger partial charge in [-0.25, -0.2) is 9.55 Å². The SMILES string of the molecule is [2H]C([2H])([2H])c1c[n+](C)c(-c2c(C)ccc3nc4n(c23)-c2ccccc2C4)cc1-c1ccccc1. The second-order valence-electron chi connectivity index (χ2n) is 8.26. The van der Waals surface area contributed by atoms with Crippen molar-refractivity contribution in [3.05, 3.63) is 102 Å². The molecule has 3 heteroatoms. The van der Waals surface area contributed by atoms with Gasteiger partial charge in [-0.2, -0.15) is 0 Å². The van der Waals surface area contributed by atoms with Gasteiger partial charge in [0.1, 0.15) is 12.9 Å². The first-order valence-electron chi connectivity index (χ1n) is 12.0. The first-order chi connectivity index (χ1) is 16.3. The van der Waals surface area contributed by atoms with Crippen molar-refractivity contribution < 1.29 is 8.68 Å². The number of para-hydroxylation sites is 1. The predicted molar refractivity (Wildman–Crippen MR) is 125 cm³/mol. The largest absolute Gasteiger partial charge is 0.295 e. The highest BCUT2D eigenvalue weighted by molar-refractivity contribution is 5.95. The summed E-state index contributed by atoms with van der Waals surface area (Å²) in [6, 6.07) is 24.4. The minimum atomic E-state index is -2.22. The van der Waals surface area contributed by atoms with E-state index < -0.39 is 6.85 Å². The van der Waals surface area contributed by atoms with Crippen LogP contribution in [-0.2, 0) is 13.5 Å². The van der Waals surface area contributed by atoms with E-state index >= 15 is 0 Å². The van der Waals surface area contributed by atoms with Gasteiger partial charge in [-0.3, -0.25) is 4.57 Å². The third-order valence-corrected chi connectivity index (χ3v) is 6.29. The van der Waals surface area contributed by atoms with Gasteiger partial charge in [0, 0.05) is 22.2 Å². The molecule has 0 amide bonds. The summed E-state index contributed by atoms with van der Waals surface area (Å²) in [6.45, 7) is -0.116. The van der Waals surface area contributed by atoms with E-state index in [9.17, 15) is 0 Å². The van der Waals surface area contributed by atoms with E-state index in [0.717, 1.165) is 56.9 Å². The van der Waals surface area contributed by atoms with Crippen LogP contribution in [0.15, 0.2) is 79.0 Å². The van der Waals surface area contributed by atoms with Crippen molar-refractivity contribution in [3.8, 4) is 28.1 Å². The summed E-state index contributed by atoms with van der Waals surface area (Å²) in [6.07, 6.45) is 2.57. The van der Waals surface area contributed by atoms with Crippen LogP contribution in [0.2, 0.25) is 0 Å². The lowest BCUT2D eigenvalue weighted by Crippen LogP contribution is -2.31. The number of aromatic nitrogens is 3. The van der Waals surface area contributed by atoms with Gasteiger partial charge in [0.05, 0.1) is 22.3 Å². The van der Waals surface area contributed by atoms with Gasteiger partial charge in [0.15, 0.2) is 6.20 Å². The van der Waals surface area contributed by atoms with Crippen LogP contribution in [0, 0.1) is 13.8 Å². The van der Waals surface area contributed by atoms with Crippen LogP contribution >= 0.6 is 0 Å². The van der Waals surface area contributed by atoms with Crippen LogP contribution in [0.1, 0.15) is 26.6 Å². The van der Waals surface area contributed by atoms with E-state index in [1.807, 2.05) is 48.0 Å². The molecule has 5 aromatic rings. The molecule has 1 aliphatic rings. The number of hydrogen-bond donors (Lipinski definition) is 0. The molecule has 0 radical (unpaired) electrons. The quantitative estimate of drug-likeness (QED) is 0.338. The molecule has 0 atom stereocenters. The molecule has 3 nitrogen and oxygen atoms in total. The van der Waals surface area contributed by atoms with Crippen LogP contribution in [0.3, 0.4) is 0 Å². The molecule has 31 heavy (non-hydrogen) atoms. The fourth-order valence-electron chi connectivity index (χ4n) is 4.82. The average Bonchev–Trinajstić information content (AvgIpc) is 3.35. The lowest BCUT2D eigenvalue weighted by molar-refractivity contribution is -0.660. The maximum absolute atomic E-state index is 8.17. The summed E-state index contributed by atoms with van der Waals surface area (Å²) in [5.74, 6) is 1.04. The zero-order valence-corrected chi connectivity index (χ0v) is 17.6. The number of fused-ring (bicyclic) bond motifs is 5. The van der Waals surface area contributed by atoms with Crippen molar-refractivity contribution in [2.45, 2.75) is 20.2 Å². The van der Waals surface area contributed by atoms with Crippen molar-refractivity contribution in [3.63, 3.8) is 0 Å². The molecule has 0 fully saturated rings. The predicted octanol–water partition coefficient (Wildman–Crippen LogP) is 5.71. The van der Waals surface area contributed by atoms with E-state index in [2.05, 4.69) is 47.9 Å². The highest BCUT2D eigenvalue weighted by Crippen LogP contribution is 2.38. The summed E-state index contributed by atoms with van der Waals surface area (Å²) < 4.78 is 28.7. The standard InChI is InChI=1S/C28H24N3/c1-18-13-14-23-28(31-24-12-8-7-11-21(24)15-26(31)29-23)27(18)25-16-22(19(2)17-30(25)3)20-9-5-4-6-10-20/h4-14,16-17H,15H2,1-3H3/q+1/i2D3. The van der Waals surface area contributed by atoms with Gasteiger partial charge < -0.3 is 0 Å². The molecule has 0 saturated heterocycles. The Bertz CT molecular complexity index is 1580. The molecular weight excluding hydrogens is 378 g/mol. The number of benzene rings is 3. The Kier molecular flexibility index (Phi) is 3.24. The highest BCUT2D eigenvalue weighted by atomic mass is 15.1. The van der Waals surface area contributed by atoms with Crippen LogP contribution in [0.5, 0.6) is 0 Å². The molecule has 1 aliphatic heterocycles. The Balaban J connectivity index is 1.69. The number of nitrogens with zero attached hydrogens (tertiary/aromatic N) is 3. The maximum atomic E-state index is 8.17.